The third-order valence-electron chi connectivity index (χ3n) is 1.96. The molecule has 1 aliphatic rings. The molecule has 0 saturated carbocycles. The van der Waals surface area contributed by atoms with E-state index >= 15 is 0 Å². The van der Waals surface area contributed by atoms with Gasteiger partial charge in [0.15, 0.2) is 6.29 Å². The van der Waals surface area contributed by atoms with Crippen LogP contribution in [-0.2, 0) is 0 Å². The number of hydrogen-bond acceptors (Lipinski definition) is 5. The maximum Gasteiger partial charge on any atom is 0.220 e. The van der Waals surface area contributed by atoms with Gasteiger partial charge in [-0.1, -0.05) is 13.8 Å². The highest BCUT2D eigenvalue weighted by molar-refractivity contribution is 5.97. The summed E-state index contributed by atoms with van der Waals surface area (Å²) >= 11 is 0. The normalized spacial score (nSPS) is 23.2. The third kappa shape index (κ3) is 1.98. The van der Waals surface area contributed by atoms with Crippen molar-refractivity contribution >= 4 is 11.8 Å². The van der Waals surface area contributed by atoms with Crippen LogP contribution in [0.1, 0.15) is 20.8 Å². The van der Waals surface area contributed by atoms with E-state index < -0.39 is 0 Å². The van der Waals surface area contributed by atoms with Crippen LogP contribution in [0.3, 0.4) is 0 Å². The number of amidine groups is 1. The Hall–Kier alpha value is -1.10. The maximum atomic E-state index is 5.79. The molecule has 1 unspecified atom stereocenters. The summed E-state index contributed by atoms with van der Waals surface area (Å²) in [7, 11) is 0. The fourth-order valence-corrected chi connectivity index (χ4v) is 1.36. The van der Waals surface area contributed by atoms with E-state index in [4.69, 9.17) is 11.5 Å². The van der Waals surface area contributed by atoms with Crippen molar-refractivity contribution in [2.75, 3.05) is 6.54 Å². The van der Waals surface area contributed by atoms with Gasteiger partial charge in [-0.05, 0) is 6.92 Å². The molecule has 74 valence electrons. The molecule has 13 heavy (non-hydrogen) atoms. The molecule has 0 aliphatic carbocycles. The van der Waals surface area contributed by atoms with Crippen LogP contribution in [0, 0.1) is 5.92 Å². The largest absolute Gasteiger partial charge is 0.368 e. The van der Waals surface area contributed by atoms with E-state index in [0.717, 1.165) is 12.4 Å². The van der Waals surface area contributed by atoms with Crippen molar-refractivity contribution in [3.05, 3.63) is 0 Å². The Morgan fingerprint density at radius 1 is 1.54 bits per heavy atom. The van der Waals surface area contributed by atoms with E-state index in [1.165, 1.54) is 0 Å². The summed E-state index contributed by atoms with van der Waals surface area (Å²) < 4.78 is 0. The van der Waals surface area contributed by atoms with Crippen molar-refractivity contribution in [2.45, 2.75) is 27.1 Å². The van der Waals surface area contributed by atoms with Gasteiger partial charge in [-0.2, -0.15) is 0 Å². The molecule has 5 nitrogen and oxygen atoms in total. The predicted molar refractivity (Wildman–Crippen MR) is 54.3 cm³/mol. The molecule has 0 aromatic rings. The van der Waals surface area contributed by atoms with Gasteiger partial charge in [0.2, 0.25) is 5.96 Å². The summed E-state index contributed by atoms with van der Waals surface area (Å²) in [5.74, 6) is 1.52. The molecule has 1 rings (SSSR count). The Labute approximate surface area is 78.5 Å². The highest BCUT2D eigenvalue weighted by atomic mass is 15.4. The first-order valence-corrected chi connectivity index (χ1v) is 4.50. The van der Waals surface area contributed by atoms with Gasteiger partial charge in [0.05, 0.1) is 0 Å². The Kier molecular flexibility index (Phi) is 2.87. The Morgan fingerprint density at radius 3 is 2.62 bits per heavy atom. The second-order valence-corrected chi connectivity index (χ2v) is 3.31. The van der Waals surface area contributed by atoms with Crippen LogP contribution in [0.2, 0.25) is 0 Å². The van der Waals surface area contributed by atoms with Gasteiger partial charge in [-0.3, -0.25) is 5.73 Å². The second-order valence-electron chi connectivity index (χ2n) is 3.31. The molecule has 4 N–H and O–H groups in total. The van der Waals surface area contributed by atoms with E-state index in [2.05, 4.69) is 23.8 Å². The van der Waals surface area contributed by atoms with Gasteiger partial charge in [-0.15, -0.1) is 0 Å². The van der Waals surface area contributed by atoms with Gasteiger partial charge in [0.1, 0.15) is 5.84 Å². The van der Waals surface area contributed by atoms with Crippen LogP contribution in [0.4, 0.5) is 0 Å². The summed E-state index contributed by atoms with van der Waals surface area (Å²) in [5, 5.41) is 0. The van der Waals surface area contributed by atoms with Crippen molar-refractivity contribution in [3.8, 4) is 0 Å². The van der Waals surface area contributed by atoms with Gasteiger partial charge in [0.25, 0.3) is 0 Å². The molecular formula is C8H17N5. The molecule has 0 bridgehead atoms. The van der Waals surface area contributed by atoms with Crippen molar-refractivity contribution in [3.63, 3.8) is 0 Å². The average Bonchev–Trinajstić information content (AvgIpc) is 2.02. The van der Waals surface area contributed by atoms with E-state index in [9.17, 15) is 0 Å². The molecule has 0 aromatic heterocycles. The first-order chi connectivity index (χ1) is 6.06. The number of aliphatic imine (C=N–C) groups is 2. The monoisotopic (exact) mass is 183 g/mol. The fourth-order valence-electron chi connectivity index (χ4n) is 1.36. The summed E-state index contributed by atoms with van der Waals surface area (Å²) in [6, 6.07) is 0. The highest BCUT2D eigenvalue weighted by Gasteiger charge is 2.22. The Balaban J connectivity index is 2.93. The van der Waals surface area contributed by atoms with Crippen molar-refractivity contribution in [2.24, 2.45) is 27.4 Å². The predicted octanol–water partition coefficient (Wildman–Crippen LogP) is -0.0666. The first-order valence-electron chi connectivity index (χ1n) is 4.50. The Morgan fingerprint density at radius 2 is 2.15 bits per heavy atom. The number of nitrogens with two attached hydrogens (primary N) is 2. The van der Waals surface area contributed by atoms with E-state index in [1.807, 2.05) is 11.8 Å². The molecule has 0 spiro atoms. The minimum absolute atomic E-state index is 0.279. The summed E-state index contributed by atoms with van der Waals surface area (Å²) in [4.78, 5) is 10.1. The van der Waals surface area contributed by atoms with Gasteiger partial charge >= 0.3 is 0 Å². The van der Waals surface area contributed by atoms with E-state index in [1.54, 1.807) is 0 Å². The maximum absolute atomic E-state index is 5.79. The van der Waals surface area contributed by atoms with Crippen molar-refractivity contribution in [1.29, 1.82) is 0 Å². The highest BCUT2D eigenvalue weighted by Crippen LogP contribution is 2.10. The zero-order valence-corrected chi connectivity index (χ0v) is 8.36. The molecule has 1 aliphatic heterocycles. The first kappa shape index (κ1) is 9.98. The molecule has 0 amide bonds. The lowest BCUT2D eigenvalue weighted by Gasteiger charge is -2.32. The molecule has 0 radical (unpaired) electrons. The molecule has 1 heterocycles. The lowest BCUT2D eigenvalue weighted by atomic mass is 10.1. The number of hydrogen-bond donors (Lipinski definition) is 2. The zero-order chi connectivity index (χ0) is 10.0. The average molecular weight is 183 g/mol. The van der Waals surface area contributed by atoms with Crippen molar-refractivity contribution in [1.82, 2.24) is 4.90 Å². The van der Waals surface area contributed by atoms with E-state index in [0.29, 0.717) is 5.92 Å². The van der Waals surface area contributed by atoms with Crippen LogP contribution in [0.15, 0.2) is 9.98 Å². The lowest BCUT2D eigenvalue weighted by Crippen LogP contribution is -2.50. The van der Waals surface area contributed by atoms with E-state index in [-0.39, 0.29) is 12.2 Å². The zero-order valence-electron chi connectivity index (χ0n) is 8.36. The summed E-state index contributed by atoms with van der Waals surface area (Å²) in [5.41, 5.74) is 11.3. The van der Waals surface area contributed by atoms with Crippen LogP contribution in [-0.4, -0.2) is 29.5 Å². The van der Waals surface area contributed by atoms with Gasteiger partial charge < -0.3 is 10.6 Å². The minimum Gasteiger partial charge on any atom is -0.368 e. The summed E-state index contributed by atoms with van der Waals surface area (Å²) in [6.07, 6.45) is -0.375. The van der Waals surface area contributed by atoms with Crippen LogP contribution in [0.5, 0.6) is 0 Å². The lowest BCUT2D eigenvalue weighted by molar-refractivity contribution is 0.321. The number of guanidine groups is 1. The molecular weight excluding hydrogens is 166 g/mol. The van der Waals surface area contributed by atoms with Gasteiger partial charge in [-0.25, -0.2) is 9.98 Å². The smallest absolute Gasteiger partial charge is 0.220 e. The molecule has 0 fully saturated rings. The SMILES string of the molecule is CCN1C(C(C)C)=NC(N)=NC1N. The third-order valence-corrected chi connectivity index (χ3v) is 1.96. The summed E-state index contributed by atoms with van der Waals surface area (Å²) in [6.45, 7) is 6.95. The Bertz CT molecular complexity index is 243. The van der Waals surface area contributed by atoms with Crippen LogP contribution in [0.25, 0.3) is 0 Å². The van der Waals surface area contributed by atoms with Crippen LogP contribution < -0.4 is 11.5 Å². The van der Waals surface area contributed by atoms with Gasteiger partial charge in [0, 0.05) is 12.5 Å². The number of nitrogens with zero attached hydrogens (tertiary/aromatic N) is 3. The minimum atomic E-state index is -0.375. The molecule has 1 atom stereocenters. The quantitative estimate of drug-likeness (QED) is 0.629. The standard InChI is InChI=1S/C8H17N5/c1-4-13-6(5(2)3)11-7(9)12-8(13)10/h5,8H,4,10H2,1-3H3,(H2,9,12). The van der Waals surface area contributed by atoms with Crippen molar-refractivity contribution < 1.29 is 0 Å². The number of rotatable bonds is 2. The molecule has 5 heteroatoms. The fraction of sp³-hybridized carbons (Fsp3) is 0.750. The molecule has 0 aromatic carbocycles. The topological polar surface area (TPSA) is 80.0 Å². The van der Waals surface area contributed by atoms with Crippen LogP contribution >= 0.6 is 0 Å². The second kappa shape index (κ2) is 3.74. The molecule has 0 saturated heterocycles.